The lowest BCUT2D eigenvalue weighted by molar-refractivity contribution is 0.606. The van der Waals surface area contributed by atoms with Gasteiger partial charge in [-0.1, -0.05) is 34.8 Å². The van der Waals surface area contributed by atoms with Gasteiger partial charge in [0.2, 0.25) is 0 Å². The van der Waals surface area contributed by atoms with E-state index in [1.54, 1.807) is 12.1 Å². The SMILES string of the molecule is N#CCc1nc(-c2ccc(Cl)c(Cl)c2Cl)ccc1F. The number of rotatable bonds is 2. The molecule has 2 aromatic rings. The molecule has 2 nitrogen and oxygen atoms in total. The molecular weight excluding hydrogens is 310 g/mol. The molecule has 0 radical (unpaired) electrons. The molecule has 96 valence electrons. The van der Waals surface area contributed by atoms with Crippen LogP contribution in [-0.2, 0) is 6.42 Å². The molecule has 0 amide bonds. The van der Waals surface area contributed by atoms with Gasteiger partial charge in [0.15, 0.2) is 0 Å². The highest BCUT2D eigenvalue weighted by Crippen LogP contribution is 2.37. The Morgan fingerprint density at radius 3 is 2.53 bits per heavy atom. The molecule has 0 aliphatic heterocycles. The molecule has 2 rings (SSSR count). The Labute approximate surface area is 124 Å². The maximum absolute atomic E-state index is 13.4. The van der Waals surface area contributed by atoms with Crippen molar-refractivity contribution in [2.24, 2.45) is 0 Å². The van der Waals surface area contributed by atoms with E-state index in [9.17, 15) is 4.39 Å². The first kappa shape index (κ1) is 14.1. The fourth-order valence-electron chi connectivity index (χ4n) is 1.56. The number of halogens is 4. The van der Waals surface area contributed by atoms with Gasteiger partial charge >= 0.3 is 0 Å². The van der Waals surface area contributed by atoms with Crippen molar-refractivity contribution in [1.29, 1.82) is 5.26 Å². The number of benzene rings is 1. The Balaban J connectivity index is 2.57. The summed E-state index contributed by atoms with van der Waals surface area (Å²) >= 11 is 17.9. The van der Waals surface area contributed by atoms with Crippen LogP contribution in [0.4, 0.5) is 4.39 Å². The average molecular weight is 316 g/mol. The summed E-state index contributed by atoms with van der Waals surface area (Å²) in [6.07, 6.45) is -0.112. The van der Waals surface area contributed by atoms with Crippen molar-refractivity contribution < 1.29 is 4.39 Å². The van der Waals surface area contributed by atoms with E-state index < -0.39 is 5.82 Å². The molecule has 19 heavy (non-hydrogen) atoms. The lowest BCUT2D eigenvalue weighted by Crippen LogP contribution is -1.96. The summed E-state index contributed by atoms with van der Waals surface area (Å²) in [4.78, 5) is 4.08. The summed E-state index contributed by atoms with van der Waals surface area (Å²) < 4.78 is 13.4. The lowest BCUT2D eigenvalue weighted by Gasteiger charge is -2.08. The monoisotopic (exact) mass is 314 g/mol. The van der Waals surface area contributed by atoms with E-state index in [-0.39, 0.29) is 22.2 Å². The molecule has 1 heterocycles. The predicted molar refractivity (Wildman–Crippen MR) is 74.0 cm³/mol. The second-order valence-corrected chi connectivity index (χ2v) is 4.85. The number of hydrogen-bond acceptors (Lipinski definition) is 2. The van der Waals surface area contributed by atoms with E-state index in [0.717, 1.165) is 0 Å². The highest BCUT2D eigenvalue weighted by Gasteiger charge is 2.13. The predicted octanol–water partition coefficient (Wildman–Crippen LogP) is 4.91. The third kappa shape index (κ3) is 2.82. The normalized spacial score (nSPS) is 10.3. The second kappa shape index (κ2) is 5.75. The number of aromatic nitrogens is 1. The smallest absolute Gasteiger partial charge is 0.145 e. The minimum absolute atomic E-state index is 0.0714. The molecule has 0 fully saturated rings. The first-order chi connectivity index (χ1) is 9.04. The number of hydrogen-bond donors (Lipinski definition) is 0. The van der Waals surface area contributed by atoms with Crippen LogP contribution >= 0.6 is 34.8 Å². The van der Waals surface area contributed by atoms with Crippen molar-refractivity contribution in [3.05, 3.63) is 50.8 Å². The summed E-state index contributed by atoms with van der Waals surface area (Å²) in [6.45, 7) is 0. The minimum atomic E-state index is -0.526. The Morgan fingerprint density at radius 1 is 1.11 bits per heavy atom. The van der Waals surface area contributed by atoms with Gasteiger partial charge in [-0.05, 0) is 24.3 Å². The Morgan fingerprint density at radius 2 is 1.84 bits per heavy atom. The standard InChI is InChI=1S/C13H6Cl3FN2/c14-8-2-1-7(12(15)13(8)16)10-4-3-9(17)11(19-10)5-6-18/h1-4H,5H2. The first-order valence-electron chi connectivity index (χ1n) is 5.21. The van der Waals surface area contributed by atoms with E-state index in [2.05, 4.69) is 4.98 Å². The topological polar surface area (TPSA) is 36.7 Å². The largest absolute Gasteiger partial charge is 0.249 e. The van der Waals surface area contributed by atoms with Gasteiger partial charge in [0, 0.05) is 5.56 Å². The van der Waals surface area contributed by atoms with Gasteiger partial charge in [-0.15, -0.1) is 0 Å². The Bertz CT molecular complexity index is 680. The van der Waals surface area contributed by atoms with Gasteiger partial charge < -0.3 is 0 Å². The van der Waals surface area contributed by atoms with Crippen LogP contribution in [0.2, 0.25) is 15.1 Å². The first-order valence-corrected chi connectivity index (χ1v) is 6.34. The number of pyridine rings is 1. The van der Waals surface area contributed by atoms with Crippen LogP contribution in [0, 0.1) is 17.1 Å². The van der Waals surface area contributed by atoms with Crippen LogP contribution < -0.4 is 0 Å². The molecule has 1 aromatic carbocycles. The summed E-state index contributed by atoms with van der Waals surface area (Å²) in [7, 11) is 0. The summed E-state index contributed by atoms with van der Waals surface area (Å²) in [5.74, 6) is -0.526. The maximum Gasteiger partial charge on any atom is 0.145 e. The fourth-order valence-corrected chi connectivity index (χ4v) is 2.19. The van der Waals surface area contributed by atoms with Crippen molar-refractivity contribution in [1.82, 2.24) is 4.98 Å². The van der Waals surface area contributed by atoms with Crippen molar-refractivity contribution in [2.45, 2.75) is 6.42 Å². The van der Waals surface area contributed by atoms with Gasteiger partial charge in [-0.2, -0.15) is 5.26 Å². The third-order valence-electron chi connectivity index (χ3n) is 2.48. The van der Waals surface area contributed by atoms with Gasteiger partial charge in [0.05, 0.1) is 38.9 Å². The molecule has 0 saturated carbocycles. The molecule has 0 saturated heterocycles. The van der Waals surface area contributed by atoms with E-state index in [1.165, 1.54) is 12.1 Å². The zero-order valence-electron chi connectivity index (χ0n) is 9.42. The van der Waals surface area contributed by atoms with Gasteiger partial charge in [0.1, 0.15) is 5.82 Å². The van der Waals surface area contributed by atoms with Crippen LogP contribution in [0.3, 0.4) is 0 Å². The molecule has 0 spiro atoms. The van der Waals surface area contributed by atoms with E-state index in [0.29, 0.717) is 16.3 Å². The van der Waals surface area contributed by atoms with Crippen molar-refractivity contribution in [3.63, 3.8) is 0 Å². The molecule has 0 unspecified atom stereocenters. The van der Waals surface area contributed by atoms with E-state index in [4.69, 9.17) is 40.1 Å². The molecule has 0 N–H and O–H groups in total. The number of nitriles is 1. The van der Waals surface area contributed by atoms with Crippen LogP contribution in [-0.4, -0.2) is 4.98 Å². The van der Waals surface area contributed by atoms with Gasteiger partial charge in [0.25, 0.3) is 0 Å². The van der Waals surface area contributed by atoms with Gasteiger partial charge in [-0.3, -0.25) is 0 Å². The molecule has 1 aromatic heterocycles. The summed E-state index contributed by atoms with van der Waals surface area (Å²) in [5.41, 5.74) is 1.05. The van der Waals surface area contributed by atoms with Crippen molar-refractivity contribution in [3.8, 4) is 17.3 Å². The van der Waals surface area contributed by atoms with Crippen LogP contribution in [0.1, 0.15) is 5.69 Å². The molecular formula is C13H6Cl3FN2. The zero-order chi connectivity index (χ0) is 14.0. The third-order valence-corrected chi connectivity index (χ3v) is 3.77. The molecule has 6 heteroatoms. The fraction of sp³-hybridized carbons (Fsp3) is 0.0769. The van der Waals surface area contributed by atoms with Crippen LogP contribution in [0.25, 0.3) is 11.3 Å². The summed E-state index contributed by atoms with van der Waals surface area (Å²) in [6, 6.07) is 7.80. The van der Waals surface area contributed by atoms with E-state index >= 15 is 0 Å². The highest BCUT2D eigenvalue weighted by molar-refractivity contribution is 6.49. The van der Waals surface area contributed by atoms with Gasteiger partial charge in [-0.25, -0.2) is 9.37 Å². The highest BCUT2D eigenvalue weighted by atomic mass is 35.5. The van der Waals surface area contributed by atoms with Crippen LogP contribution in [0.15, 0.2) is 24.3 Å². The molecule has 0 bridgehead atoms. The minimum Gasteiger partial charge on any atom is -0.249 e. The lowest BCUT2D eigenvalue weighted by atomic mass is 10.1. The molecule has 0 aliphatic rings. The Kier molecular flexibility index (Phi) is 4.26. The molecule has 0 atom stereocenters. The Hall–Kier alpha value is -1.34. The quantitative estimate of drug-likeness (QED) is 0.738. The second-order valence-electron chi connectivity index (χ2n) is 3.68. The molecule has 0 aliphatic carbocycles. The van der Waals surface area contributed by atoms with E-state index in [1.807, 2.05) is 6.07 Å². The summed E-state index contributed by atoms with van der Waals surface area (Å²) in [5, 5.41) is 9.41. The van der Waals surface area contributed by atoms with Crippen molar-refractivity contribution >= 4 is 34.8 Å². The van der Waals surface area contributed by atoms with Crippen molar-refractivity contribution in [2.75, 3.05) is 0 Å². The number of nitrogens with zero attached hydrogens (tertiary/aromatic N) is 2. The zero-order valence-corrected chi connectivity index (χ0v) is 11.7. The van der Waals surface area contributed by atoms with Crippen LogP contribution in [0.5, 0.6) is 0 Å². The maximum atomic E-state index is 13.4. The average Bonchev–Trinajstić information content (AvgIpc) is 2.39.